The smallest absolute Gasteiger partial charge is 0.254 e. The largest absolute Gasteiger partial charge is 0.338 e. The number of benzene rings is 1. The molecule has 2 aliphatic heterocycles. The van der Waals surface area contributed by atoms with E-state index >= 15 is 0 Å². The van der Waals surface area contributed by atoms with Crippen molar-refractivity contribution in [3.63, 3.8) is 0 Å². The Morgan fingerprint density at radius 2 is 1.88 bits per heavy atom. The van der Waals surface area contributed by atoms with Crippen molar-refractivity contribution in [3.05, 3.63) is 57.8 Å². The average Bonchev–Trinajstić information content (AvgIpc) is 3.19. The number of nitrogens with zero attached hydrogens (tertiary/aromatic N) is 1. The molecule has 2 aromatic rings. The maximum Gasteiger partial charge on any atom is 0.254 e. The summed E-state index contributed by atoms with van der Waals surface area (Å²) in [7, 11) is 0. The van der Waals surface area contributed by atoms with Gasteiger partial charge in [0.1, 0.15) is 0 Å². The molecule has 132 valence electrons. The number of carbonyl (C=O) groups excluding carboxylic acids is 1. The van der Waals surface area contributed by atoms with E-state index in [1.165, 1.54) is 29.7 Å². The molecule has 0 bridgehead atoms. The van der Waals surface area contributed by atoms with Gasteiger partial charge in [0.25, 0.3) is 5.91 Å². The summed E-state index contributed by atoms with van der Waals surface area (Å²) in [4.78, 5) is 16.4. The van der Waals surface area contributed by atoms with Crippen molar-refractivity contribution < 1.29 is 4.79 Å². The number of nitrogens with one attached hydrogen (secondary N) is 1. The summed E-state index contributed by atoms with van der Waals surface area (Å²) in [5.74, 6) is 1.32. The Bertz CT molecular complexity index is 706. The Kier molecular flexibility index (Phi) is 5.18. The van der Waals surface area contributed by atoms with Gasteiger partial charge in [0.05, 0.1) is 5.56 Å². The van der Waals surface area contributed by atoms with Crippen LogP contribution >= 0.6 is 11.3 Å². The molecule has 2 saturated heterocycles. The lowest BCUT2D eigenvalue weighted by Crippen LogP contribution is -2.38. The number of thiophene rings is 1. The molecule has 25 heavy (non-hydrogen) atoms. The number of piperidine rings is 2. The molecule has 2 fully saturated rings. The highest BCUT2D eigenvalue weighted by molar-refractivity contribution is 7.10. The molecule has 1 atom stereocenters. The van der Waals surface area contributed by atoms with E-state index in [9.17, 15) is 4.79 Å². The lowest BCUT2D eigenvalue weighted by molar-refractivity contribution is 0.0707. The van der Waals surface area contributed by atoms with E-state index in [0.717, 1.165) is 38.2 Å². The van der Waals surface area contributed by atoms with E-state index in [1.54, 1.807) is 11.3 Å². The Morgan fingerprint density at radius 1 is 1.08 bits per heavy atom. The number of likely N-dealkylation sites (tertiary alicyclic amines) is 1. The Morgan fingerprint density at radius 3 is 2.68 bits per heavy atom. The highest BCUT2D eigenvalue weighted by atomic mass is 32.1. The minimum Gasteiger partial charge on any atom is -0.338 e. The predicted octanol–water partition coefficient (Wildman–Crippen LogP) is 4.23. The molecule has 4 heteroatoms. The zero-order valence-electron chi connectivity index (χ0n) is 14.6. The normalized spacial score (nSPS) is 22.1. The molecular weight excluding hydrogens is 328 g/mol. The van der Waals surface area contributed by atoms with E-state index in [2.05, 4.69) is 52.0 Å². The summed E-state index contributed by atoms with van der Waals surface area (Å²) in [5.41, 5.74) is 2.26. The molecule has 3 nitrogen and oxygen atoms in total. The molecule has 0 radical (unpaired) electrons. The zero-order chi connectivity index (χ0) is 17.1. The fourth-order valence-corrected chi connectivity index (χ4v) is 5.18. The number of carbonyl (C=O) groups is 1. The van der Waals surface area contributed by atoms with Crippen molar-refractivity contribution in [2.45, 2.75) is 37.5 Å². The molecular formula is C21H26N2OS. The van der Waals surface area contributed by atoms with E-state index in [4.69, 9.17) is 0 Å². The Hall–Kier alpha value is -1.65. The maximum atomic E-state index is 13.0. The lowest BCUT2D eigenvalue weighted by Gasteiger charge is -2.33. The van der Waals surface area contributed by atoms with Crippen LogP contribution in [-0.2, 0) is 0 Å². The van der Waals surface area contributed by atoms with Crippen LogP contribution in [0.5, 0.6) is 0 Å². The van der Waals surface area contributed by atoms with Crippen molar-refractivity contribution in [2.75, 3.05) is 26.2 Å². The zero-order valence-corrected chi connectivity index (χ0v) is 15.4. The van der Waals surface area contributed by atoms with E-state index in [1.807, 2.05) is 0 Å². The molecule has 0 aliphatic carbocycles. The first-order valence-electron chi connectivity index (χ1n) is 9.44. The Labute approximate surface area is 154 Å². The van der Waals surface area contributed by atoms with Crippen molar-refractivity contribution in [2.24, 2.45) is 0 Å². The van der Waals surface area contributed by atoms with Crippen LogP contribution in [0.25, 0.3) is 0 Å². The van der Waals surface area contributed by atoms with Gasteiger partial charge in [-0.1, -0.05) is 30.3 Å². The molecule has 3 heterocycles. The van der Waals surface area contributed by atoms with Crippen molar-refractivity contribution >= 4 is 17.2 Å². The first-order chi connectivity index (χ1) is 12.3. The van der Waals surface area contributed by atoms with Gasteiger partial charge >= 0.3 is 0 Å². The van der Waals surface area contributed by atoms with Gasteiger partial charge in [0.2, 0.25) is 0 Å². The van der Waals surface area contributed by atoms with Gasteiger partial charge in [-0.25, -0.2) is 0 Å². The second-order valence-corrected chi connectivity index (χ2v) is 8.21. The van der Waals surface area contributed by atoms with Gasteiger partial charge < -0.3 is 10.2 Å². The summed E-state index contributed by atoms with van der Waals surface area (Å²) in [5, 5.41) is 5.49. The van der Waals surface area contributed by atoms with Crippen LogP contribution in [0, 0.1) is 0 Å². The lowest BCUT2D eigenvalue weighted by atomic mass is 9.90. The highest BCUT2D eigenvalue weighted by Gasteiger charge is 2.26. The van der Waals surface area contributed by atoms with Crippen LogP contribution in [0.15, 0.2) is 41.8 Å². The van der Waals surface area contributed by atoms with Crippen LogP contribution in [0.1, 0.15) is 58.3 Å². The third kappa shape index (κ3) is 3.80. The second kappa shape index (κ2) is 7.71. The van der Waals surface area contributed by atoms with Crippen molar-refractivity contribution in [1.82, 2.24) is 10.2 Å². The number of amides is 1. The molecule has 1 aromatic heterocycles. The van der Waals surface area contributed by atoms with Crippen molar-refractivity contribution in [3.8, 4) is 0 Å². The van der Waals surface area contributed by atoms with Crippen LogP contribution < -0.4 is 5.32 Å². The molecule has 1 amide bonds. The summed E-state index contributed by atoms with van der Waals surface area (Å²) >= 11 is 1.77. The first-order valence-corrected chi connectivity index (χ1v) is 10.3. The van der Waals surface area contributed by atoms with E-state index < -0.39 is 0 Å². The average molecular weight is 355 g/mol. The minimum atomic E-state index is 0.220. The van der Waals surface area contributed by atoms with Gasteiger partial charge in [0.15, 0.2) is 0 Å². The molecule has 0 spiro atoms. The fourth-order valence-electron chi connectivity index (χ4n) is 4.13. The fraction of sp³-hybridized carbons (Fsp3) is 0.476. The summed E-state index contributed by atoms with van der Waals surface area (Å²) in [6.45, 7) is 3.93. The number of hydrogen-bond donors (Lipinski definition) is 1. The summed E-state index contributed by atoms with van der Waals surface area (Å²) in [6, 6.07) is 12.8. The molecule has 0 saturated carbocycles. The maximum absolute atomic E-state index is 13.0. The SMILES string of the molecule is O=C(c1csc(C2CCNCC2)c1)N1CCCC(c2ccccc2)C1. The molecule has 1 unspecified atom stereocenters. The minimum absolute atomic E-state index is 0.220. The van der Waals surface area contributed by atoms with Gasteiger partial charge in [-0.15, -0.1) is 11.3 Å². The van der Waals surface area contributed by atoms with Crippen LogP contribution in [0.4, 0.5) is 0 Å². The van der Waals surface area contributed by atoms with Gasteiger partial charge in [-0.05, 0) is 56.3 Å². The highest BCUT2D eigenvalue weighted by Crippen LogP contribution is 2.32. The monoisotopic (exact) mass is 354 g/mol. The molecule has 4 rings (SSSR count). The molecule has 2 aliphatic rings. The van der Waals surface area contributed by atoms with Crippen LogP contribution in [0.2, 0.25) is 0 Å². The number of rotatable bonds is 3. The van der Waals surface area contributed by atoms with Crippen molar-refractivity contribution in [1.29, 1.82) is 0 Å². The van der Waals surface area contributed by atoms with Gasteiger partial charge in [-0.2, -0.15) is 0 Å². The van der Waals surface area contributed by atoms with E-state index in [-0.39, 0.29) is 5.91 Å². The second-order valence-electron chi connectivity index (χ2n) is 7.26. The first kappa shape index (κ1) is 16.8. The van der Waals surface area contributed by atoms with Crippen LogP contribution in [-0.4, -0.2) is 37.0 Å². The third-order valence-corrected chi connectivity index (χ3v) is 6.68. The summed E-state index contributed by atoms with van der Waals surface area (Å²) in [6.07, 6.45) is 4.65. The topological polar surface area (TPSA) is 32.3 Å². The predicted molar refractivity (Wildman–Crippen MR) is 103 cm³/mol. The number of hydrogen-bond acceptors (Lipinski definition) is 3. The van der Waals surface area contributed by atoms with E-state index in [0.29, 0.717) is 11.8 Å². The van der Waals surface area contributed by atoms with Gasteiger partial charge in [0, 0.05) is 29.3 Å². The van der Waals surface area contributed by atoms with Crippen LogP contribution in [0.3, 0.4) is 0 Å². The molecule has 1 N–H and O–H groups in total. The quantitative estimate of drug-likeness (QED) is 0.894. The Balaban J connectivity index is 1.44. The molecule has 1 aromatic carbocycles. The van der Waals surface area contributed by atoms with Gasteiger partial charge in [-0.3, -0.25) is 4.79 Å². The third-order valence-electron chi connectivity index (χ3n) is 5.59. The summed E-state index contributed by atoms with van der Waals surface area (Å²) < 4.78 is 0. The standard InChI is InChI=1S/C21H26N2OS/c24-21(19-13-20(25-15-19)17-8-10-22-11-9-17)23-12-4-7-18(14-23)16-5-2-1-3-6-16/h1-3,5-6,13,15,17-18,22H,4,7-12,14H2.